The third-order valence-electron chi connectivity index (χ3n) is 4.47. The lowest BCUT2D eigenvalue weighted by molar-refractivity contribution is 0.0518. The quantitative estimate of drug-likeness (QED) is 0.479. The average molecular weight is 422 g/mol. The Bertz CT molecular complexity index is 1060. The molecule has 1 aromatic heterocycles. The highest BCUT2D eigenvalue weighted by Gasteiger charge is 2.19. The third kappa shape index (κ3) is 5.31. The molecule has 0 amide bonds. The van der Waals surface area contributed by atoms with Crippen molar-refractivity contribution in [2.75, 3.05) is 25.1 Å². The number of anilines is 2. The molecule has 0 spiro atoms. The van der Waals surface area contributed by atoms with Gasteiger partial charge in [-0.3, -0.25) is 4.98 Å². The Morgan fingerprint density at radius 3 is 2.32 bits per heavy atom. The van der Waals surface area contributed by atoms with Gasteiger partial charge in [-0.05, 0) is 62.7 Å². The molecule has 162 valence electrons. The van der Waals surface area contributed by atoms with Gasteiger partial charge in [-0.15, -0.1) is 0 Å². The van der Waals surface area contributed by atoms with Gasteiger partial charge in [0.15, 0.2) is 0 Å². The van der Waals surface area contributed by atoms with Crippen molar-refractivity contribution >= 4 is 34.2 Å². The molecule has 0 aliphatic rings. The van der Waals surface area contributed by atoms with E-state index in [4.69, 9.17) is 14.2 Å². The van der Waals surface area contributed by atoms with Crippen molar-refractivity contribution in [1.82, 2.24) is 4.98 Å². The molecule has 0 aliphatic heterocycles. The number of nitrogens with one attached hydrogen (secondary N) is 1. The van der Waals surface area contributed by atoms with Crippen LogP contribution in [0.4, 0.5) is 11.4 Å². The van der Waals surface area contributed by atoms with Crippen LogP contribution in [0.5, 0.6) is 5.75 Å². The standard InChI is InChI=1S/C24H26N2O5/c1-4-13-31-18-10-8-17(9-11-18)26-22-19-14-16(23(27)29-5-2)7-12-21(19)25-15-20(22)24(28)30-6-3/h7-12,14-15H,4-6,13H2,1-3H3,(H,25,26). The summed E-state index contributed by atoms with van der Waals surface area (Å²) in [6, 6.07) is 12.5. The Morgan fingerprint density at radius 1 is 0.935 bits per heavy atom. The second kappa shape index (κ2) is 10.4. The molecule has 7 heteroatoms. The molecular weight excluding hydrogens is 396 g/mol. The molecule has 0 radical (unpaired) electrons. The monoisotopic (exact) mass is 422 g/mol. The Balaban J connectivity index is 2.05. The van der Waals surface area contributed by atoms with Crippen molar-refractivity contribution in [1.29, 1.82) is 0 Å². The molecule has 2 aromatic carbocycles. The maximum atomic E-state index is 12.6. The number of hydrogen-bond donors (Lipinski definition) is 1. The predicted octanol–water partition coefficient (Wildman–Crippen LogP) is 5.12. The van der Waals surface area contributed by atoms with Crippen LogP contribution >= 0.6 is 0 Å². The lowest BCUT2D eigenvalue weighted by atomic mass is 10.1. The number of aromatic nitrogens is 1. The first-order valence-electron chi connectivity index (χ1n) is 10.3. The third-order valence-corrected chi connectivity index (χ3v) is 4.47. The van der Waals surface area contributed by atoms with E-state index < -0.39 is 11.9 Å². The van der Waals surface area contributed by atoms with Gasteiger partial charge in [0.1, 0.15) is 11.3 Å². The van der Waals surface area contributed by atoms with E-state index in [-0.39, 0.29) is 18.8 Å². The van der Waals surface area contributed by atoms with Crippen LogP contribution in [0.25, 0.3) is 10.9 Å². The average Bonchev–Trinajstić information content (AvgIpc) is 2.78. The fourth-order valence-corrected chi connectivity index (χ4v) is 3.03. The van der Waals surface area contributed by atoms with E-state index in [1.165, 1.54) is 6.20 Å². The van der Waals surface area contributed by atoms with E-state index in [1.54, 1.807) is 32.0 Å². The summed E-state index contributed by atoms with van der Waals surface area (Å²) in [6.07, 6.45) is 2.40. The number of carbonyl (C=O) groups excluding carboxylic acids is 2. The highest BCUT2D eigenvalue weighted by Crippen LogP contribution is 2.31. The molecular formula is C24H26N2O5. The number of benzene rings is 2. The number of esters is 2. The highest BCUT2D eigenvalue weighted by atomic mass is 16.5. The van der Waals surface area contributed by atoms with Crippen LogP contribution in [-0.2, 0) is 9.47 Å². The summed E-state index contributed by atoms with van der Waals surface area (Å²) in [4.78, 5) is 29.2. The maximum Gasteiger partial charge on any atom is 0.341 e. The van der Waals surface area contributed by atoms with E-state index in [0.29, 0.717) is 28.8 Å². The Labute approximate surface area is 181 Å². The number of rotatable bonds is 9. The van der Waals surface area contributed by atoms with Gasteiger partial charge in [0.05, 0.1) is 36.6 Å². The molecule has 0 fully saturated rings. The number of hydrogen-bond acceptors (Lipinski definition) is 7. The summed E-state index contributed by atoms with van der Waals surface area (Å²) in [5, 5.41) is 3.90. The Hall–Kier alpha value is -3.61. The molecule has 7 nitrogen and oxygen atoms in total. The van der Waals surface area contributed by atoms with Crippen LogP contribution in [0.1, 0.15) is 47.9 Å². The molecule has 0 atom stereocenters. The summed E-state index contributed by atoms with van der Waals surface area (Å²) < 4.78 is 15.9. The second-order valence-electron chi connectivity index (χ2n) is 6.72. The van der Waals surface area contributed by atoms with Crippen molar-refractivity contribution in [2.45, 2.75) is 27.2 Å². The number of pyridine rings is 1. The fourth-order valence-electron chi connectivity index (χ4n) is 3.03. The lowest BCUT2D eigenvalue weighted by Gasteiger charge is -2.15. The van der Waals surface area contributed by atoms with Crippen molar-refractivity contribution < 1.29 is 23.8 Å². The highest BCUT2D eigenvalue weighted by molar-refractivity contribution is 6.07. The number of fused-ring (bicyclic) bond motifs is 1. The van der Waals surface area contributed by atoms with Crippen LogP contribution in [0.2, 0.25) is 0 Å². The molecule has 0 aliphatic carbocycles. The Kier molecular flexibility index (Phi) is 7.43. The molecule has 0 saturated heterocycles. The van der Waals surface area contributed by atoms with Gasteiger partial charge in [-0.1, -0.05) is 6.92 Å². The summed E-state index contributed by atoms with van der Waals surface area (Å²) >= 11 is 0. The molecule has 0 saturated carbocycles. The van der Waals surface area contributed by atoms with E-state index in [9.17, 15) is 9.59 Å². The van der Waals surface area contributed by atoms with E-state index in [2.05, 4.69) is 10.3 Å². The zero-order valence-electron chi connectivity index (χ0n) is 17.9. The first-order valence-corrected chi connectivity index (χ1v) is 10.3. The van der Waals surface area contributed by atoms with Crippen LogP contribution in [-0.4, -0.2) is 36.7 Å². The summed E-state index contributed by atoms with van der Waals surface area (Å²) in [6.45, 7) is 6.70. The molecule has 1 N–H and O–H groups in total. The lowest BCUT2D eigenvalue weighted by Crippen LogP contribution is -2.10. The molecule has 1 heterocycles. The fraction of sp³-hybridized carbons (Fsp3) is 0.292. The van der Waals surface area contributed by atoms with E-state index in [1.807, 2.05) is 31.2 Å². The molecule has 3 aromatic rings. The zero-order valence-corrected chi connectivity index (χ0v) is 17.9. The first-order chi connectivity index (χ1) is 15.1. The van der Waals surface area contributed by atoms with Crippen LogP contribution in [0.15, 0.2) is 48.7 Å². The minimum atomic E-state index is -0.496. The van der Waals surface area contributed by atoms with E-state index in [0.717, 1.165) is 17.9 Å². The largest absolute Gasteiger partial charge is 0.494 e. The minimum Gasteiger partial charge on any atom is -0.494 e. The van der Waals surface area contributed by atoms with Crippen molar-refractivity contribution in [3.05, 3.63) is 59.8 Å². The second-order valence-corrected chi connectivity index (χ2v) is 6.72. The molecule has 3 rings (SSSR count). The molecule has 31 heavy (non-hydrogen) atoms. The number of ether oxygens (including phenoxy) is 3. The predicted molar refractivity (Wildman–Crippen MR) is 119 cm³/mol. The SMILES string of the molecule is CCCOc1ccc(Nc2c(C(=O)OCC)cnc3ccc(C(=O)OCC)cc23)cc1. The first kappa shape index (κ1) is 22.1. The van der Waals surface area contributed by atoms with Crippen molar-refractivity contribution in [3.63, 3.8) is 0 Å². The van der Waals surface area contributed by atoms with Crippen LogP contribution in [0, 0.1) is 0 Å². The summed E-state index contributed by atoms with van der Waals surface area (Å²) in [5.41, 5.74) is 2.55. The van der Waals surface area contributed by atoms with Crippen LogP contribution < -0.4 is 10.1 Å². The summed E-state index contributed by atoms with van der Waals surface area (Å²) in [5.74, 6) is -0.166. The van der Waals surface area contributed by atoms with Gasteiger partial charge >= 0.3 is 11.9 Å². The minimum absolute atomic E-state index is 0.239. The zero-order chi connectivity index (χ0) is 22.2. The topological polar surface area (TPSA) is 86.8 Å². The number of carbonyl (C=O) groups is 2. The van der Waals surface area contributed by atoms with Gasteiger partial charge in [0.25, 0.3) is 0 Å². The Morgan fingerprint density at radius 2 is 1.65 bits per heavy atom. The molecule has 0 unspecified atom stereocenters. The molecule has 0 bridgehead atoms. The number of nitrogens with zero attached hydrogens (tertiary/aromatic N) is 1. The summed E-state index contributed by atoms with van der Waals surface area (Å²) in [7, 11) is 0. The van der Waals surface area contributed by atoms with Gasteiger partial charge in [0.2, 0.25) is 0 Å². The smallest absolute Gasteiger partial charge is 0.341 e. The van der Waals surface area contributed by atoms with Gasteiger partial charge in [-0.2, -0.15) is 0 Å². The van der Waals surface area contributed by atoms with E-state index >= 15 is 0 Å². The van der Waals surface area contributed by atoms with Gasteiger partial charge < -0.3 is 19.5 Å². The van der Waals surface area contributed by atoms with Crippen LogP contribution in [0.3, 0.4) is 0 Å². The maximum absolute atomic E-state index is 12.6. The van der Waals surface area contributed by atoms with Crippen molar-refractivity contribution in [3.8, 4) is 5.75 Å². The van der Waals surface area contributed by atoms with Gasteiger partial charge in [-0.25, -0.2) is 9.59 Å². The van der Waals surface area contributed by atoms with Gasteiger partial charge in [0, 0.05) is 17.3 Å². The van der Waals surface area contributed by atoms with Crippen molar-refractivity contribution in [2.24, 2.45) is 0 Å². The normalized spacial score (nSPS) is 10.5.